The summed E-state index contributed by atoms with van der Waals surface area (Å²) in [5.74, 6) is 0.0701. The van der Waals surface area contributed by atoms with Gasteiger partial charge in [0.25, 0.3) is 5.91 Å². The monoisotopic (exact) mass is 320 g/mol. The van der Waals surface area contributed by atoms with Crippen LogP contribution in [0.3, 0.4) is 0 Å². The fourth-order valence-corrected chi connectivity index (χ4v) is 3.03. The van der Waals surface area contributed by atoms with Crippen molar-refractivity contribution in [2.45, 2.75) is 19.9 Å². The highest BCUT2D eigenvalue weighted by molar-refractivity contribution is 5.95. The Labute approximate surface area is 142 Å². The molecule has 0 fully saturated rings. The lowest BCUT2D eigenvalue weighted by atomic mass is 10.2. The highest BCUT2D eigenvalue weighted by atomic mass is 16.2. The zero-order valence-electron chi connectivity index (χ0n) is 14.1. The molecule has 3 aromatic rings. The van der Waals surface area contributed by atoms with Crippen LogP contribution < -0.4 is 9.47 Å². The van der Waals surface area contributed by atoms with Crippen molar-refractivity contribution in [3.63, 3.8) is 0 Å². The lowest BCUT2D eigenvalue weighted by molar-refractivity contribution is -0.681. The summed E-state index contributed by atoms with van der Waals surface area (Å²) >= 11 is 0. The number of hydrogen-bond acceptors (Lipinski definition) is 1. The SMILES string of the molecule is C=Cn1c[n+]([C@H](C)C(=O)N(CC)c2ccccc2)c2ccccc21. The minimum absolute atomic E-state index is 0.0701. The maximum Gasteiger partial charge on any atom is 0.272 e. The number of fused-ring (bicyclic) bond motifs is 1. The van der Waals surface area contributed by atoms with Gasteiger partial charge in [-0.3, -0.25) is 4.79 Å². The highest BCUT2D eigenvalue weighted by Crippen LogP contribution is 2.18. The molecule has 0 aliphatic rings. The largest absolute Gasteiger partial charge is 0.309 e. The number of aromatic nitrogens is 2. The Balaban J connectivity index is 2.01. The van der Waals surface area contributed by atoms with Crippen LogP contribution in [0.5, 0.6) is 0 Å². The van der Waals surface area contributed by atoms with E-state index >= 15 is 0 Å². The molecule has 2 aromatic carbocycles. The first kappa shape index (κ1) is 16.0. The van der Waals surface area contributed by atoms with E-state index in [0.717, 1.165) is 16.7 Å². The van der Waals surface area contributed by atoms with Crippen molar-refractivity contribution < 1.29 is 9.36 Å². The van der Waals surface area contributed by atoms with E-state index in [1.165, 1.54) is 0 Å². The first-order valence-corrected chi connectivity index (χ1v) is 8.17. The molecule has 0 N–H and O–H groups in total. The van der Waals surface area contributed by atoms with Gasteiger partial charge in [0, 0.05) is 12.2 Å². The number of amides is 1. The molecule has 0 saturated heterocycles. The number of nitrogens with zero attached hydrogens (tertiary/aromatic N) is 3. The average molecular weight is 320 g/mol. The summed E-state index contributed by atoms with van der Waals surface area (Å²) < 4.78 is 3.95. The molecular formula is C20H22N3O+. The van der Waals surface area contributed by atoms with E-state index in [4.69, 9.17) is 0 Å². The molecule has 1 heterocycles. The molecule has 1 aromatic heterocycles. The van der Waals surface area contributed by atoms with Crippen LogP contribution in [0, 0.1) is 0 Å². The highest BCUT2D eigenvalue weighted by Gasteiger charge is 2.28. The van der Waals surface area contributed by atoms with Crippen molar-refractivity contribution in [1.82, 2.24) is 4.57 Å². The summed E-state index contributed by atoms with van der Waals surface area (Å²) in [7, 11) is 0. The summed E-state index contributed by atoms with van der Waals surface area (Å²) in [4.78, 5) is 14.9. The van der Waals surface area contributed by atoms with Crippen molar-refractivity contribution in [3.8, 4) is 0 Å². The van der Waals surface area contributed by atoms with Crippen molar-refractivity contribution in [1.29, 1.82) is 0 Å². The van der Waals surface area contributed by atoms with Gasteiger partial charge in [-0.15, -0.1) is 0 Å². The normalized spacial score (nSPS) is 12.1. The molecule has 1 atom stereocenters. The van der Waals surface area contributed by atoms with Crippen molar-refractivity contribution in [2.75, 3.05) is 11.4 Å². The van der Waals surface area contributed by atoms with Crippen molar-refractivity contribution in [2.24, 2.45) is 0 Å². The molecule has 0 bridgehead atoms. The molecule has 0 radical (unpaired) electrons. The van der Waals surface area contributed by atoms with E-state index in [2.05, 4.69) is 6.58 Å². The van der Waals surface area contributed by atoms with E-state index in [1.807, 2.05) is 88.8 Å². The van der Waals surface area contributed by atoms with Gasteiger partial charge in [0.1, 0.15) is 0 Å². The second kappa shape index (κ2) is 6.71. The molecule has 24 heavy (non-hydrogen) atoms. The first-order chi connectivity index (χ1) is 11.7. The van der Waals surface area contributed by atoms with Gasteiger partial charge in [-0.2, -0.15) is 0 Å². The third kappa shape index (κ3) is 2.71. The maximum atomic E-state index is 13.1. The van der Waals surface area contributed by atoms with Gasteiger partial charge in [0.2, 0.25) is 6.33 Å². The van der Waals surface area contributed by atoms with Crippen molar-refractivity contribution >= 4 is 28.8 Å². The van der Waals surface area contributed by atoms with Gasteiger partial charge in [0.15, 0.2) is 17.1 Å². The van der Waals surface area contributed by atoms with Crippen LogP contribution in [-0.4, -0.2) is 17.0 Å². The fourth-order valence-electron chi connectivity index (χ4n) is 3.03. The fraction of sp³-hybridized carbons (Fsp3) is 0.200. The van der Waals surface area contributed by atoms with E-state index in [1.54, 1.807) is 6.20 Å². The number of likely N-dealkylation sites (N-methyl/N-ethyl adjacent to an activating group) is 1. The van der Waals surface area contributed by atoms with E-state index in [9.17, 15) is 4.79 Å². The smallest absolute Gasteiger partial charge is 0.272 e. The molecule has 122 valence electrons. The van der Waals surface area contributed by atoms with E-state index in [-0.39, 0.29) is 11.9 Å². The second-order valence-corrected chi connectivity index (χ2v) is 5.70. The Bertz CT molecular complexity index is 867. The predicted octanol–water partition coefficient (Wildman–Crippen LogP) is 3.64. The second-order valence-electron chi connectivity index (χ2n) is 5.70. The van der Waals surface area contributed by atoms with Gasteiger partial charge >= 0.3 is 0 Å². The molecule has 0 aliphatic carbocycles. The number of imidazole rings is 1. The summed E-state index contributed by atoms with van der Waals surface area (Å²) in [6.45, 7) is 8.42. The minimum atomic E-state index is -0.309. The predicted molar refractivity (Wildman–Crippen MR) is 97.7 cm³/mol. The number of hydrogen-bond donors (Lipinski definition) is 0. The quantitative estimate of drug-likeness (QED) is 0.660. The van der Waals surface area contributed by atoms with E-state index in [0.29, 0.717) is 6.54 Å². The zero-order chi connectivity index (χ0) is 17.1. The molecular weight excluding hydrogens is 298 g/mol. The number of benzene rings is 2. The lowest BCUT2D eigenvalue weighted by Gasteiger charge is -2.23. The van der Waals surface area contributed by atoms with Crippen LogP contribution in [-0.2, 0) is 4.79 Å². The molecule has 4 heteroatoms. The molecule has 0 saturated carbocycles. The molecule has 0 spiro atoms. The van der Waals surface area contributed by atoms with Crippen LogP contribution in [0.2, 0.25) is 0 Å². The standard InChI is InChI=1S/C20H22N3O/c1-4-21-15-23(19-14-10-9-13-18(19)21)16(3)20(24)22(5-2)17-11-7-6-8-12-17/h4,6-16H,1,5H2,2-3H3/q+1/t16-/m1/s1. The number of anilines is 1. The molecule has 0 aliphatic heterocycles. The number of carbonyl (C=O) groups is 1. The third-order valence-electron chi connectivity index (χ3n) is 4.31. The number of rotatable bonds is 5. The summed E-state index contributed by atoms with van der Waals surface area (Å²) in [5.41, 5.74) is 2.97. The van der Waals surface area contributed by atoms with E-state index < -0.39 is 0 Å². The Morgan fingerprint density at radius 2 is 1.88 bits per heavy atom. The first-order valence-electron chi connectivity index (χ1n) is 8.17. The van der Waals surface area contributed by atoms with Crippen LogP contribution in [0.1, 0.15) is 19.9 Å². The van der Waals surface area contributed by atoms with Crippen LogP contribution >= 0.6 is 0 Å². The number of carbonyl (C=O) groups excluding carboxylic acids is 1. The van der Waals surface area contributed by atoms with Gasteiger partial charge in [-0.25, -0.2) is 9.13 Å². The molecule has 1 amide bonds. The van der Waals surface area contributed by atoms with Crippen molar-refractivity contribution in [3.05, 3.63) is 67.5 Å². The minimum Gasteiger partial charge on any atom is -0.309 e. The average Bonchev–Trinajstić information content (AvgIpc) is 3.01. The zero-order valence-corrected chi connectivity index (χ0v) is 14.1. The van der Waals surface area contributed by atoms with Gasteiger partial charge in [-0.1, -0.05) is 36.9 Å². The van der Waals surface area contributed by atoms with Gasteiger partial charge in [0.05, 0.1) is 6.20 Å². The summed E-state index contributed by atoms with van der Waals surface area (Å²) in [5, 5.41) is 0. The molecule has 0 unspecified atom stereocenters. The van der Waals surface area contributed by atoms with Gasteiger partial charge < -0.3 is 4.90 Å². The Kier molecular flexibility index (Phi) is 4.47. The van der Waals surface area contributed by atoms with Crippen LogP contribution in [0.4, 0.5) is 5.69 Å². The Hall–Kier alpha value is -2.88. The molecule has 3 rings (SSSR count). The molecule has 4 nitrogen and oxygen atoms in total. The lowest BCUT2D eigenvalue weighted by Crippen LogP contribution is -2.48. The Morgan fingerprint density at radius 3 is 2.54 bits per heavy atom. The topological polar surface area (TPSA) is 29.1 Å². The summed E-state index contributed by atoms with van der Waals surface area (Å²) in [6, 6.07) is 17.5. The maximum absolute atomic E-state index is 13.1. The Morgan fingerprint density at radius 1 is 1.21 bits per heavy atom. The number of para-hydroxylation sites is 3. The van der Waals surface area contributed by atoms with Crippen LogP contribution in [0.25, 0.3) is 17.2 Å². The summed E-state index contributed by atoms with van der Waals surface area (Å²) in [6.07, 6.45) is 3.68. The third-order valence-corrected chi connectivity index (χ3v) is 4.31. The van der Waals surface area contributed by atoms with Crippen LogP contribution in [0.15, 0.2) is 67.5 Å². The van der Waals surface area contributed by atoms with Gasteiger partial charge in [-0.05, 0) is 38.1 Å².